The van der Waals surface area contributed by atoms with Crippen molar-refractivity contribution in [1.82, 2.24) is 0 Å². The minimum absolute atomic E-state index is 0. The van der Waals surface area contributed by atoms with Crippen molar-refractivity contribution in [3.8, 4) is 0 Å². The number of aliphatic hydroxyl groups is 1. The van der Waals surface area contributed by atoms with Crippen molar-refractivity contribution in [1.29, 1.82) is 0 Å². The molecule has 0 spiro atoms. The quantitative estimate of drug-likeness (QED) is 0.474. The number of hydrogen-bond acceptors (Lipinski definition) is 2. The molecule has 2 fully saturated rings. The van der Waals surface area contributed by atoms with Gasteiger partial charge in [-0.15, -0.1) is 0 Å². The Morgan fingerprint density at radius 3 is 1.12 bits per heavy atom. The van der Waals surface area contributed by atoms with Crippen LogP contribution in [0.3, 0.4) is 0 Å². The van der Waals surface area contributed by atoms with E-state index in [2.05, 4.69) is 0 Å². The Bertz CT molecular complexity index is 294. The summed E-state index contributed by atoms with van der Waals surface area (Å²) in [6, 6.07) is 0. The van der Waals surface area contributed by atoms with Crippen molar-refractivity contribution in [2.75, 3.05) is 0 Å². The Hall–Kier alpha value is -0.370. The molecule has 0 aromatic carbocycles. The van der Waals surface area contributed by atoms with Gasteiger partial charge in [0.15, 0.2) is 0 Å². The SMILES string of the molecule is O=C1CCCCCCCCCCC1.OC1CCCCCCCCCCC1.[HH]. The lowest BCUT2D eigenvalue weighted by Crippen LogP contribution is -2.06. The first-order valence-electron chi connectivity index (χ1n) is 12.0. The smallest absolute Gasteiger partial charge is 0.132 e. The maximum atomic E-state index is 11.3. The molecule has 0 aliphatic heterocycles. The molecule has 2 saturated carbocycles. The number of hydrogen-bond donors (Lipinski definition) is 1. The Labute approximate surface area is 165 Å². The number of ketones is 1. The normalized spacial score (nSPS) is 24.0. The second kappa shape index (κ2) is 18.0. The summed E-state index contributed by atoms with van der Waals surface area (Å²) in [5, 5.41) is 9.59. The van der Waals surface area contributed by atoms with Crippen LogP contribution >= 0.6 is 0 Å². The zero-order chi connectivity index (χ0) is 18.7. The van der Waals surface area contributed by atoms with E-state index in [1.807, 2.05) is 0 Å². The van der Waals surface area contributed by atoms with Crippen molar-refractivity contribution in [3.05, 3.63) is 0 Å². The molecule has 156 valence electrons. The van der Waals surface area contributed by atoms with E-state index in [-0.39, 0.29) is 7.53 Å². The fraction of sp³-hybridized carbons (Fsp3) is 0.958. The van der Waals surface area contributed by atoms with Crippen LogP contribution in [-0.4, -0.2) is 17.0 Å². The van der Waals surface area contributed by atoms with Crippen molar-refractivity contribution < 1.29 is 11.3 Å². The Balaban J connectivity index is 0.000000483. The number of rotatable bonds is 0. The molecular formula is C24H48O2. The fourth-order valence-electron chi connectivity index (χ4n) is 4.15. The molecule has 2 aliphatic carbocycles. The fourth-order valence-corrected chi connectivity index (χ4v) is 4.15. The van der Waals surface area contributed by atoms with Crippen molar-refractivity contribution in [2.24, 2.45) is 0 Å². The van der Waals surface area contributed by atoms with Gasteiger partial charge in [-0.2, -0.15) is 0 Å². The minimum Gasteiger partial charge on any atom is -0.393 e. The van der Waals surface area contributed by atoms with E-state index in [4.69, 9.17) is 0 Å². The van der Waals surface area contributed by atoms with Crippen molar-refractivity contribution in [2.45, 2.75) is 147 Å². The predicted molar refractivity (Wildman–Crippen MR) is 115 cm³/mol. The molecule has 0 radical (unpaired) electrons. The number of aliphatic hydroxyl groups excluding tert-OH is 1. The van der Waals surface area contributed by atoms with E-state index in [0.717, 1.165) is 38.5 Å². The third-order valence-electron chi connectivity index (χ3n) is 5.99. The monoisotopic (exact) mass is 368 g/mol. The van der Waals surface area contributed by atoms with Crippen molar-refractivity contribution >= 4 is 5.78 Å². The van der Waals surface area contributed by atoms with Crippen LogP contribution in [0.4, 0.5) is 0 Å². The van der Waals surface area contributed by atoms with Gasteiger partial charge in [-0.05, 0) is 25.7 Å². The topological polar surface area (TPSA) is 37.3 Å². The number of carbonyl (C=O) groups excluding carboxylic acids is 1. The maximum absolute atomic E-state index is 11.3. The van der Waals surface area contributed by atoms with E-state index in [9.17, 15) is 9.90 Å². The molecule has 2 nitrogen and oxygen atoms in total. The average molecular weight is 369 g/mol. The standard InChI is InChI=1S/C12H24O.C12H22O.H2/c2*13-12-10-8-6-4-2-1-3-5-7-9-11-12;/h12-13H,1-11H2;1-11H2;1H. The molecule has 1 N–H and O–H groups in total. The molecule has 0 aromatic heterocycles. The summed E-state index contributed by atoms with van der Waals surface area (Å²) in [5.74, 6) is 0.501. The largest absolute Gasteiger partial charge is 0.393 e. The summed E-state index contributed by atoms with van der Waals surface area (Å²) in [4.78, 5) is 11.3. The van der Waals surface area contributed by atoms with Gasteiger partial charge in [-0.3, -0.25) is 4.79 Å². The Morgan fingerprint density at radius 2 is 0.769 bits per heavy atom. The minimum atomic E-state index is -0.000531. The Kier molecular flexibility index (Phi) is 16.4. The van der Waals surface area contributed by atoms with Crippen LogP contribution < -0.4 is 0 Å². The molecule has 0 aromatic rings. The molecule has 0 saturated heterocycles. The number of carbonyl (C=O) groups is 1. The summed E-state index contributed by atoms with van der Waals surface area (Å²) in [7, 11) is 0. The second-order valence-corrected chi connectivity index (χ2v) is 8.63. The summed E-state index contributed by atoms with van der Waals surface area (Å²) >= 11 is 0. The lowest BCUT2D eigenvalue weighted by Gasteiger charge is -2.11. The molecule has 2 aliphatic rings. The first-order valence-corrected chi connectivity index (χ1v) is 12.0. The third kappa shape index (κ3) is 15.9. The molecule has 0 amide bonds. The van der Waals surface area contributed by atoms with Crippen LogP contribution in [0.15, 0.2) is 0 Å². The van der Waals surface area contributed by atoms with E-state index < -0.39 is 0 Å². The van der Waals surface area contributed by atoms with Gasteiger partial charge in [0.1, 0.15) is 5.78 Å². The molecule has 26 heavy (non-hydrogen) atoms. The lowest BCUT2D eigenvalue weighted by molar-refractivity contribution is -0.119. The van der Waals surface area contributed by atoms with Gasteiger partial charge in [-0.1, -0.05) is 103 Å². The molecule has 0 unspecified atom stereocenters. The van der Waals surface area contributed by atoms with Gasteiger partial charge in [-0.25, -0.2) is 0 Å². The zero-order valence-electron chi connectivity index (χ0n) is 17.5. The highest BCUT2D eigenvalue weighted by Crippen LogP contribution is 2.17. The van der Waals surface area contributed by atoms with Crippen LogP contribution in [0.5, 0.6) is 0 Å². The number of Topliss-reactive ketones (excluding diaryl/α,β-unsaturated/α-hetero) is 1. The van der Waals surface area contributed by atoms with E-state index >= 15 is 0 Å². The van der Waals surface area contributed by atoms with Gasteiger partial charge < -0.3 is 5.11 Å². The lowest BCUT2D eigenvalue weighted by atomic mass is 10.00. The summed E-state index contributed by atoms with van der Waals surface area (Å²) < 4.78 is 0. The molecular weight excluding hydrogens is 320 g/mol. The molecule has 0 heterocycles. The predicted octanol–water partition coefficient (Wildman–Crippen LogP) is 7.76. The summed E-state index contributed by atoms with van der Waals surface area (Å²) in [5.41, 5.74) is 0. The molecule has 0 bridgehead atoms. The van der Waals surface area contributed by atoms with Crippen LogP contribution in [0.2, 0.25) is 0 Å². The molecule has 2 rings (SSSR count). The Morgan fingerprint density at radius 1 is 0.500 bits per heavy atom. The van der Waals surface area contributed by atoms with Gasteiger partial charge in [0.05, 0.1) is 6.10 Å². The van der Waals surface area contributed by atoms with Crippen LogP contribution in [0.1, 0.15) is 143 Å². The third-order valence-corrected chi connectivity index (χ3v) is 5.99. The molecule has 0 atom stereocenters. The highest BCUT2D eigenvalue weighted by molar-refractivity contribution is 5.78. The maximum Gasteiger partial charge on any atom is 0.132 e. The van der Waals surface area contributed by atoms with Gasteiger partial charge in [0.2, 0.25) is 0 Å². The van der Waals surface area contributed by atoms with Crippen LogP contribution in [-0.2, 0) is 4.79 Å². The highest BCUT2D eigenvalue weighted by Gasteiger charge is 2.05. The van der Waals surface area contributed by atoms with Crippen molar-refractivity contribution in [3.63, 3.8) is 0 Å². The van der Waals surface area contributed by atoms with Crippen LogP contribution in [0, 0.1) is 0 Å². The first kappa shape index (κ1) is 23.7. The zero-order valence-corrected chi connectivity index (χ0v) is 17.5. The molecule has 2 heteroatoms. The van der Waals surface area contributed by atoms with E-state index in [0.29, 0.717) is 5.78 Å². The highest BCUT2D eigenvalue weighted by atomic mass is 16.3. The summed E-state index contributed by atoms with van der Waals surface area (Å²) in [6.45, 7) is 0. The van der Waals surface area contributed by atoms with E-state index in [1.54, 1.807) is 0 Å². The summed E-state index contributed by atoms with van der Waals surface area (Å²) in [6.07, 6.45) is 27.6. The second-order valence-electron chi connectivity index (χ2n) is 8.63. The average Bonchev–Trinajstić information content (AvgIpc) is 2.61. The van der Waals surface area contributed by atoms with Gasteiger partial charge in [0, 0.05) is 14.3 Å². The van der Waals surface area contributed by atoms with Crippen LogP contribution in [0.25, 0.3) is 0 Å². The van der Waals surface area contributed by atoms with E-state index in [1.165, 1.54) is 103 Å². The van der Waals surface area contributed by atoms with Gasteiger partial charge >= 0.3 is 0 Å². The first-order chi connectivity index (χ1) is 12.8. The van der Waals surface area contributed by atoms with Gasteiger partial charge in [0.25, 0.3) is 0 Å².